The molecule has 1 aromatic rings. The molecule has 0 spiro atoms. The van der Waals surface area contributed by atoms with Crippen LogP contribution in [0.25, 0.3) is 0 Å². The molecule has 0 fully saturated rings. The molecule has 4 nitrogen and oxygen atoms in total. The number of aliphatic carboxylic acids is 1. The van der Waals surface area contributed by atoms with Gasteiger partial charge < -0.3 is 19.7 Å². The van der Waals surface area contributed by atoms with Crippen LogP contribution in [0.1, 0.15) is 17.5 Å². The fourth-order valence-electron chi connectivity index (χ4n) is 2.49. The van der Waals surface area contributed by atoms with Crippen molar-refractivity contribution in [1.82, 2.24) is 0 Å². The summed E-state index contributed by atoms with van der Waals surface area (Å²) in [7, 11) is 0. The summed E-state index contributed by atoms with van der Waals surface area (Å²) < 4.78 is 5.26. The molecule has 0 aromatic heterocycles. The van der Waals surface area contributed by atoms with E-state index in [1.807, 2.05) is 18.2 Å². The molecular weight excluding hydrogens is 244 g/mol. The molecule has 1 aliphatic rings. The van der Waals surface area contributed by atoms with Gasteiger partial charge in [-0.25, -0.2) is 0 Å². The number of carboxylic acid groups (broad SMARTS) is 1. The number of benzene rings is 1. The van der Waals surface area contributed by atoms with Gasteiger partial charge in [-0.05, 0) is 42.4 Å². The molecule has 0 saturated heterocycles. The van der Waals surface area contributed by atoms with Gasteiger partial charge in [-0.2, -0.15) is 0 Å². The first-order chi connectivity index (χ1) is 9.20. The lowest BCUT2D eigenvalue weighted by molar-refractivity contribution is -0.307. The van der Waals surface area contributed by atoms with Crippen molar-refractivity contribution < 1.29 is 19.7 Å². The molecule has 19 heavy (non-hydrogen) atoms. The zero-order chi connectivity index (χ0) is 13.7. The fraction of sp³-hybridized carbons (Fsp3) is 0.400. The first-order valence-electron chi connectivity index (χ1n) is 6.41. The molecule has 0 heterocycles. The first-order valence-corrected chi connectivity index (χ1v) is 6.41. The lowest BCUT2D eigenvalue weighted by atomic mass is 9.83. The highest BCUT2D eigenvalue weighted by molar-refractivity contribution is 5.66. The van der Waals surface area contributed by atoms with Gasteiger partial charge in [0.15, 0.2) is 0 Å². The summed E-state index contributed by atoms with van der Waals surface area (Å²) in [6, 6.07) is 5.72. The molecule has 2 rings (SSSR count). The van der Waals surface area contributed by atoms with Crippen LogP contribution in [0, 0.1) is 5.92 Å². The van der Waals surface area contributed by atoms with Gasteiger partial charge in [0.1, 0.15) is 12.4 Å². The van der Waals surface area contributed by atoms with Crippen molar-refractivity contribution in [2.75, 3.05) is 13.2 Å². The normalized spacial score (nSPS) is 18.3. The van der Waals surface area contributed by atoms with E-state index in [2.05, 4.69) is 0 Å². The summed E-state index contributed by atoms with van der Waals surface area (Å²) in [6.45, 7) is -0.345. The molecule has 1 N–H and O–H groups in total. The second-order valence-corrected chi connectivity index (χ2v) is 4.67. The maximum absolute atomic E-state index is 10.4. The Kier molecular flexibility index (Phi) is 4.58. The maximum atomic E-state index is 10.4. The quantitative estimate of drug-likeness (QED) is 0.782. The second kappa shape index (κ2) is 6.38. The Morgan fingerprint density at radius 1 is 1.53 bits per heavy atom. The third kappa shape index (κ3) is 3.58. The summed E-state index contributed by atoms with van der Waals surface area (Å²) >= 11 is 0. The summed E-state index contributed by atoms with van der Waals surface area (Å²) in [4.78, 5) is 10.4. The molecule has 0 saturated carbocycles. The van der Waals surface area contributed by atoms with Crippen LogP contribution >= 0.6 is 0 Å². The molecule has 1 aromatic carbocycles. The van der Waals surface area contributed by atoms with Gasteiger partial charge in [0, 0.05) is 0 Å². The molecule has 0 aliphatic heterocycles. The number of aliphatic hydroxyl groups is 1. The number of carbonyl (C=O) groups excluding carboxylic acids is 1. The summed E-state index contributed by atoms with van der Waals surface area (Å²) in [6.07, 6.45) is 6.55. The average molecular weight is 261 g/mol. The van der Waals surface area contributed by atoms with E-state index in [1.54, 1.807) is 12.1 Å². The number of aliphatic hydroxyl groups excluding tert-OH is 1. The number of hydrogen-bond acceptors (Lipinski definition) is 4. The summed E-state index contributed by atoms with van der Waals surface area (Å²) in [5, 5.41) is 19.2. The third-order valence-corrected chi connectivity index (χ3v) is 3.34. The third-order valence-electron chi connectivity index (χ3n) is 3.34. The zero-order valence-corrected chi connectivity index (χ0v) is 10.7. The summed E-state index contributed by atoms with van der Waals surface area (Å²) in [5.41, 5.74) is 2.28. The average Bonchev–Trinajstić information content (AvgIpc) is 2.42. The minimum absolute atomic E-state index is 0.0676. The van der Waals surface area contributed by atoms with E-state index in [9.17, 15) is 9.90 Å². The topological polar surface area (TPSA) is 69.6 Å². The van der Waals surface area contributed by atoms with Gasteiger partial charge in [0.25, 0.3) is 0 Å². The first kappa shape index (κ1) is 13.6. The van der Waals surface area contributed by atoms with Gasteiger partial charge in [-0.15, -0.1) is 0 Å². The zero-order valence-electron chi connectivity index (χ0n) is 10.7. The van der Waals surface area contributed by atoms with Crippen LogP contribution in [-0.4, -0.2) is 24.3 Å². The SMILES string of the molecule is O=C([O-])COc1cccc2c1CCC(/C=C/CO)C2. The van der Waals surface area contributed by atoms with E-state index < -0.39 is 12.6 Å². The van der Waals surface area contributed by atoms with E-state index >= 15 is 0 Å². The largest absolute Gasteiger partial charge is 0.546 e. The number of carboxylic acids is 1. The molecule has 1 aliphatic carbocycles. The molecular formula is C15H17O4-. The standard InChI is InChI=1S/C15H18O4/c16-8-2-3-11-6-7-13-12(9-11)4-1-5-14(13)19-10-15(17)18/h1-5,11,16H,6-10H2,(H,17,18)/p-1/b3-2+. The monoisotopic (exact) mass is 261 g/mol. The number of rotatable bonds is 5. The highest BCUT2D eigenvalue weighted by atomic mass is 16.5. The highest BCUT2D eigenvalue weighted by Gasteiger charge is 2.19. The van der Waals surface area contributed by atoms with E-state index in [0.717, 1.165) is 24.8 Å². The van der Waals surface area contributed by atoms with Crippen molar-refractivity contribution in [3.8, 4) is 5.75 Å². The predicted octanol–water partition coefficient (Wildman–Crippen LogP) is 0.469. The molecule has 0 radical (unpaired) electrons. The Balaban J connectivity index is 2.11. The van der Waals surface area contributed by atoms with Gasteiger partial charge in [0.05, 0.1) is 12.6 Å². The van der Waals surface area contributed by atoms with Crippen molar-refractivity contribution in [3.63, 3.8) is 0 Å². The molecule has 1 atom stereocenters. The molecule has 0 amide bonds. The van der Waals surface area contributed by atoms with E-state index in [1.165, 1.54) is 5.56 Å². The number of fused-ring (bicyclic) bond motifs is 1. The van der Waals surface area contributed by atoms with Crippen LogP contribution in [0.15, 0.2) is 30.4 Å². The fourth-order valence-corrected chi connectivity index (χ4v) is 2.49. The van der Waals surface area contributed by atoms with Crippen LogP contribution in [-0.2, 0) is 17.6 Å². The van der Waals surface area contributed by atoms with Crippen LogP contribution in [0.4, 0.5) is 0 Å². The van der Waals surface area contributed by atoms with Crippen molar-refractivity contribution in [3.05, 3.63) is 41.5 Å². The molecule has 1 unspecified atom stereocenters. The van der Waals surface area contributed by atoms with Crippen molar-refractivity contribution >= 4 is 5.97 Å². The Labute approximate surface area is 112 Å². The van der Waals surface area contributed by atoms with Crippen LogP contribution < -0.4 is 9.84 Å². The van der Waals surface area contributed by atoms with Gasteiger partial charge in [0.2, 0.25) is 0 Å². The number of carbonyl (C=O) groups is 1. The minimum atomic E-state index is -1.21. The number of ether oxygens (including phenoxy) is 1. The van der Waals surface area contributed by atoms with E-state index in [-0.39, 0.29) is 6.61 Å². The van der Waals surface area contributed by atoms with Gasteiger partial charge in [-0.3, -0.25) is 0 Å². The Bertz CT molecular complexity index is 479. The lowest BCUT2D eigenvalue weighted by Crippen LogP contribution is -2.29. The Morgan fingerprint density at radius 3 is 3.11 bits per heavy atom. The molecule has 0 bridgehead atoms. The van der Waals surface area contributed by atoms with Crippen molar-refractivity contribution in [2.45, 2.75) is 19.3 Å². The van der Waals surface area contributed by atoms with Gasteiger partial charge in [-0.1, -0.05) is 24.3 Å². The Morgan fingerprint density at radius 2 is 2.37 bits per heavy atom. The summed E-state index contributed by atoms with van der Waals surface area (Å²) in [5.74, 6) is -0.139. The van der Waals surface area contributed by atoms with Crippen LogP contribution in [0.2, 0.25) is 0 Å². The van der Waals surface area contributed by atoms with E-state index in [0.29, 0.717) is 11.7 Å². The van der Waals surface area contributed by atoms with Crippen molar-refractivity contribution in [2.24, 2.45) is 5.92 Å². The van der Waals surface area contributed by atoms with Crippen molar-refractivity contribution in [1.29, 1.82) is 0 Å². The highest BCUT2D eigenvalue weighted by Crippen LogP contribution is 2.32. The number of hydrogen-bond donors (Lipinski definition) is 1. The molecule has 4 heteroatoms. The van der Waals surface area contributed by atoms with Crippen LogP contribution in [0.5, 0.6) is 5.75 Å². The Hall–Kier alpha value is -1.81. The van der Waals surface area contributed by atoms with E-state index in [4.69, 9.17) is 9.84 Å². The maximum Gasteiger partial charge on any atom is 0.128 e. The second-order valence-electron chi connectivity index (χ2n) is 4.67. The lowest BCUT2D eigenvalue weighted by Gasteiger charge is -2.24. The van der Waals surface area contributed by atoms with Crippen LogP contribution in [0.3, 0.4) is 0 Å². The predicted molar refractivity (Wildman–Crippen MR) is 68.7 cm³/mol. The van der Waals surface area contributed by atoms with Gasteiger partial charge >= 0.3 is 0 Å². The number of allylic oxidation sites excluding steroid dienone is 1. The minimum Gasteiger partial charge on any atom is -0.546 e. The molecule has 102 valence electrons. The smallest absolute Gasteiger partial charge is 0.128 e.